The molecule has 1 aromatic carbocycles. The molecule has 0 aliphatic rings. The van der Waals surface area contributed by atoms with Crippen LogP contribution in [0.5, 0.6) is 0 Å². The zero-order valence-electron chi connectivity index (χ0n) is 8.09. The van der Waals surface area contributed by atoms with Gasteiger partial charge in [-0.1, -0.05) is 57.0 Å². The monoisotopic (exact) mass is 182 g/mol. The van der Waals surface area contributed by atoms with Gasteiger partial charge in [0.1, 0.15) is 0 Å². The van der Waals surface area contributed by atoms with E-state index >= 15 is 0 Å². The minimum Gasteiger partial charge on any atom is -0.133 e. The molecule has 1 aromatic rings. The van der Waals surface area contributed by atoms with Crippen LogP contribution >= 0.6 is 9.24 Å². The molecule has 12 heavy (non-hydrogen) atoms. The van der Waals surface area contributed by atoms with E-state index in [2.05, 4.69) is 47.4 Å². The topological polar surface area (TPSA) is 0 Å². The zero-order valence-corrected chi connectivity index (χ0v) is 9.24. The lowest BCUT2D eigenvalue weighted by Crippen LogP contribution is -1.70. The Bertz CT molecular complexity index is 168. The fourth-order valence-electron chi connectivity index (χ4n) is 0.614. The summed E-state index contributed by atoms with van der Waals surface area (Å²) in [5, 5.41) is 0. The summed E-state index contributed by atoms with van der Waals surface area (Å²) in [5.74, 6) is 0. The summed E-state index contributed by atoms with van der Waals surface area (Å²) in [6.07, 6.45) is 3.70. The standard InChI is InChI=1S/C7H9P.C4H10/c8-6-7-4-2-1-3-5-7;1-3-4-2/h1-5H,6,8H2;3-4H2,1-2H3. The van der Waals surface area contributed by atoms with E-state index in [-0.39, 0.29) is 0 Å². The predicted molar refractivity (Wildman–Crippen MR) is 60.4 cm³/mol. The third-order valence-electron chi connectivity index (χ3n) is 1.58. The van der Waals surface area contributed by atoms with E-state index in [1.54, 1.807) is 0 Å². The molecule has 0 fully saturated rings. The van der Waals surface area contributed by atoms with Crippen LogP contribution in [-0.4, -0.2) is 0 Å². The van der Waals surface area contributed by atoms with Gasteiger partial charge in [0.25, 0.3) is 0 Å². The van der Waals surface area contributed by atoms with E-state index in [1.165, 1.54) is 18.4 Å². The van der Waals surface area contributed by atoms with Crippen LogP contribution in [0.4, 0.5) is 0 Å². The fraction of sp³-hybridized carbons (Fsp3) is 0.455. The van der Waals surface area contributed by atoms with Gasteiger partial charge in [-0.3, -0.25) is 0 Å². The lowest BCUT2D eigenvalue weighted by atomic mass is 10.2. The van der Waals surface area contributed by atoms with Crippen molar-refractivity contribution >= 4 is 9.24 Å². The first kappa shape index (κ1) is 11.6. The SMILES string of the molecule is CCCC.PCc1ccccc1. The number of rotatable bonds is 2. The van der Waals surface area contributed by atoms with Crippen LogP contribution in [0.2, 0.25) is 0 Å². The number of hydrogen-bond donors (Lipinski definition) is 0. The molecule has 0 N–H and O–H groups in total. The molecule has 0 aliphatic carbocycles. The molecule has 0 aliphatic heterocycles. The van der Waals surface area contributed by atoms with Gasteiger partial charge < -0.3 is 0 Å². The Kier molecular flexibility index (Phi) is 8.49. The first-order chi connectivity index (χ1) is 5.85. The van der Waals surface area contributed by atoms with Crippen LogP contribution in [0.1, 0.15) is 32.3 Å². The molecule has 0 saturated carbocycles. The van der Waals surface area contributed by atoms with Crippen LogP contribution in [0.15, 0.2) is 30.3 Å². The van der Waals surface area contributed by atoms with Crippen molar-refractivity contribution in [2.24, 2.45) is 0 Å². The van der Waals surface area contributed by atoms with Crippen molar-refractivity contribution in [2.75, 3.05) is 0 Å². The summed E-state index contributed by atoms with van der Waals surface area (Å²) in [4.78, 5) is 0. The summed E-state index contributed by atoms with van der Waals surface area (Å²) < 4.78 is 0. The highest BCUT2D eigenvalue weighted by atomic mass is 31.0. The Morgan fingerprint density at radius 1 is 1.00 bits per heavy atom. The summed E-state index contributed by atoms with van der Waals surface area (Å²) in [6.45, 7) is 4.36. The summed E-state index contributed by atoms with van der Waals surface area (Å²) in [7, 11) is 2.69. The Hall–Kier alpha value is -0.350. The Labute approximate surface area is 78.6 Å². The van der Waals surface area contributed by atoms with E-state index in [1.807, 2.05) is 6.07 Å². The Morgan fingerprint density at radius 2 is 1.50 bits per heavy atom. The molecule has 1 heteroatoms. The molecule has 1 atom stereocenters. The maximum absolute atomic E-state index is 2.69. The molecule has 0 aromatic heterocycles. The molecule has 68 valence electrons. The average molecular weight is 182 g/mol. The van der Waals surface area contributed by atoms with Gasteiger partial charge in [-0.15, -0.1) is 9.24 Å². The Morgan fingerprint density at radius 3 is 1.75 bits per heavy atom. The summed E-state index contributed by atoms with van der Waals surface area (Å²) >= 11 is 0. The van der Waals surface area contributed by atoms with Gasteiger partial charge in [0, 0.05) is 0 Å². The highest BCUT2D eigenvalue weighted by Gasteiger charge is 1.80. The van der Waals surface area contributed by atoms with E-state index in [4.69, 9.17) is 0 Å². The smallest absolute Gasteiger partial charge is 0.0128 e. The minimum absolute atomic E-state index is 1.06. The van der Waals surface area contributed by atoms with Crippen LogP contribution in [-0.2, 0) is 6.16 Å². The second-order valence-electron chi connectivity index (χ2n) is 2.69. The molecule has 0 radical (unpaired) electrons. The maximum Gasteiger partial charge on any atom is -0.0128 e. The normalized spacial score (nSPS) is 8.58. The number of unbranched alkanes of at least 4 members (excludes halogenated alkanes) is 1. The quantitative estimate of drug-likeness (QED) is 0.609. The van der Waals surface area contributed by atoms with Gasteiger partial charge >= 0.3 is 0 Å². The number of benzene rings is 1. The summed E-state index contributed by atoms with van der Waals surface area (Å²) in [6, 6.07) is 10.4. The van der Waals surface area contributed by atoms with Crippen LogP contribution < -0.4 is 0 Å². The molecule has 0 amide bonds. The molecule has 0 spiro atoms. The second kappa shape index (κ2) is 8.74. The molecule has 0 nitrogen and oxygen atoms in total. The molecule has 0 heterocycles. The van der Waals surface area contributed by atoms with Crippen molar-refractivity contribution < 1.29 is 0 Å². The average Bonchev–Trinajstić information content (AvgIpc) is 2.19. The zero-order chi connectivity index (χ0) is 9.23. The van der Waals surface area contributed by atoms with Crippen molar-refractivity contribution in [1.29, 1.82) is 0 Å². The van der Waals surface area contributed by atoms with Gasteiger partial charge in [0.2, 0.25) is 0 Å². The van der Waals surface area contributed by atoms with Crippen molar-refractivity contribution in [2.45, 2.75) is 32.9 Å². The van der Waals surface area contributed by atoms with E-state index in [0.717, 1.165) is 6.16 Å². The minimum atomic E-state index is 1.06. The second-order valence-corrected chi connectivity index (χ2v) is 3.10. The third kappa shape index (κ3) is 6.37. The largest absolute Gasteiger partial charge is 0.133 e. The van der Waals surface area contributed by atoms with Crippen LogP contribution in [0, 0.1) is 0 Å². The molecular weight excluding hydrogens is 163 g/mol. The summed E-state index contributed by atoms with van der Waals surface area (Å²) in [5.41, 5.74) is 1.37. The first-order valence-electron chi connectivity index (χ1n) is 4.59. The van der Waals surface area contributed by atoms with Crippen LogP contribution in [0.25, 0.3) is 0 Å². The molecule has 0 bridgehead atoms. The van der Waals surface area contributed by atoms with E-state index < -0.39 is 0 Å². The lowest BCUT2D eigenvalue weighted by Gasteiger charge is -1.89. The van der Waals surface area contributed by atoms with Crippen molar-refractivity contribution in [1.82, 2.24) is 0 Å². The predicted octanol–water partition coefficient (Wildman–Crippen LogP) is 3.87. The lowest BCUT2D eigenvalue weighted by molar-refractivity contribution is 0.886. The van der Waals surface area contributed by atoms with E-state index in [9.17, 15) is 0 Å². The fourth-order valence-corrected chi connectivity index (χ4v) is 0.886. The number of hydrogen-bond acceptors (Lipinski definition) is 0. The molecule has 0 saturated heterocycles. The van der Waals surface area contributed by atoms with Gasteiger partial charge in [-0.05, 0) is 11.7 Å². The van der Waals surface area contributed by atoms with Crippen LogP contribution in [0.3, 0.4) is 0 Å². The molecule has 1 rings (SSSR count). The van der Waals surface area contributed by atoms with Crippen molar-refractivity contribution in [3.05, 3.63) is 35.9 Å². The van der Waals surface area contributed by atoms with E-state index in [0.29, 0.717) is 0 Å². The highest BCUT2D eigenvalue weighted by Crippen LogP contribution is 2.02. The maximum atomic E-state index is 2.69. The third-order valence-corrected chi connectivity index (χ3v) is 2.05. The molecular formula is C11H19P. The van der Waals surface area contributed by atoms with Crippen molar-refractivity contribution in [3.8, 4) is 0 Å². The van der Waals surface area contributed by atoms with Crippen molar-refractivity contribution in [3.63, 3.8) is 0 Å². The van der Waals surface area contributed by atoms with Gasteiger partial charge in [-0.25, -0.2) is 0 Å². The van der Waals surface area contributed by atoms with Gasteiger partial charge in [0.05, 0.1) is 0 Å². The van der Waals surface area contributed by atoms with Gasteiger partial charge in [-0.2, -0.15) is 0 Å². The first-order valence-corrected chi connectivity index (χ1v) is 5.40. The Balaban J connectivity index is 0.000000261. The van der Waals surface area contributed by atoms with Gasteiger partial charge in [0.15, 0.2) is 0 Å². The molecule has 1 unspecified atom stereocenters. The highest BCUT2D eigenvalue weighted by molar-refractivity contribution is 7.15.